The summed E-state index contributed by atoms with van der Waals surface area (Å²) < 4.78 is 27.9. The van der Waals surface area contributed by atoms with E-state index >= 15 is 0 Å². The van der Waals surface area contributed by atoms with Gasteiger partial charge in [0.25, 0.3) is 5.91 Å². The predicted molar refractivity (Wildman–Crippen MR) is 107 cm³/mol. The molecule has 2 fully saturated rings. The lowest BCUT2D eigenvalue weighted by Gasteiger charge is -2.32. The van der Waals surface area contributed by atoms with Gasteiger partial charge in [-0.05, 0) is 57.2 Å². The first kappa shape index (κ1) is 20.3. The van der Waals surface area contributed by atoms with Gasteiger partial charge in [0.15, 0.2) is 0 Å². The lowest BCUT2D eigenvalue weighted by atomic mass is 10.0. The third-order valence-corrected chi connectivity index (χ3v) is 7.94. The molecule has 27 heavy (non-hydrogen) atoms. The Morgan fingerprint density at radius 1 is 0.963 bits per heavy atom. The molecular formula is C21H32N2O3S. The molecule has 1 aromatic carbocycles. The number of likely N-dealkylation sites (tertiary alicyclic amines) is 1. The Balaban J connectivity index is 1.88. The number of hydrogen-bond donors (Lipinski definition) is 0. The fraction of sp³-hybridized carbons (Fsp3) is 0.667. The van der Waals surface area contributed by atoms with Crippen LogP contribution in [0.4, 0.5) is 0 Å². The minimum atomic E-state index is -3.57. The summed E-state index contributed by atoms with van der Waals surface area (Å²) in [6.07, 6.45) is 8.46. The third kappa shape index (κ3) is 4.54. The normalized spacial score (nSPS) is 22.9. The van der Waals surface area contributed by atoms with Gasteiger partial charge in [-0.2, -0.15) is 4.31 Å². The average molecular weight is 393 g/mol. The molecule has 0 radical (unpaired) electrons. The van der Waals surface area contributed by atoms with Crippen LogP contribution in [0.2, 0.25) is 0 Å². The van der Waals surface area contributed by atoms with E-state index in [4.69, 9.17) is 0 Å². The quantitative estimate of drug-likeness (QED) is 0.782. The monoisotopic (exact) mass is 392 g/mol. The number of carbonyl (C=O) groups is 1. The molecule has 2 aliphatic heterocycles. The largest absolute Gasteiger partial charge is 0.339 e. The van der Waals surface area contributed by atoms with E-state index in [1.54, 1.807) is 22.5 Å². The molecule has 0 saturated carbocycles. The van der Waals surface area contributed by atoms with Gasteiger partial charge in [0.1, 0.15) is 0 Å². The van der Waals surface area contributed by atoms with E-state index in [1.165, 1.54) is 6.42 Å². The molecule has 6 heteroatoms. The van der Waals surface area contributed by atoms with E-state index in [1.807, 2.05) is 18.7 Å². The van der Waals surface area contributed by atoms with Crippen molar-refractivity contribution in [2.75, 3.05) is 19.6 Å². The summed E-state index contributed by atoms with van der Waals surface area (Å²) in [5, 5.41) is 0. The van der Waals surface area contributed by atoms with Crippen LogP contribution in [0.1, 0.15) is 74.2 Å². The van der Waals surface area contributed by atoms with Crippen LogP contribution in [0, 0.1) is 6.92 Å². The standard InChI is InChI=1S/C21H32N2O3S/c1-17-11-12-19(27(25,26)23-15-9-6-10-18(23)2)16-20(17)21(24)22-13-7-4-3-5-8-14-22/h11-12,16,18H,3-10,13-15H2,1-2H3. The number of nitrogens with zero attached hydrogens (tertiary/aromatic N) is 2. The van der Waals surface area contributed by atoms with Gasteiger partial charge in [-0.1, -0.05) is 31.7 Å². The Morgan fingerprint density at radius 2 is 1.59 bits per heavy atom. The number of benzene rings is 1. The smallest absolute Gasteiger partial charge is 0.254 e. The first-order chi connectivity index (χ1) is 12.9. The van der Waals surface area contributed by atoms with Crippen LogP contribution in [0.25, 0.3) is 0 Å². The summed E-state index contributed by atoms with van der Waals surface area (Å²) in [6.45, 7) is 5.94. The molecule has 1 amide bonds. The van der Waals surface area contributed by atoms with E-state index < -0.39 is 10.0 Å². The Kier molecular flexibility index (Phi) is 6.58. The first-order valence-corrected chi connectivity index (χ1v) is 11.8. The summed E-state index contributed by atoms with van der Waals surface area (Å²) in [5.41, 5.74) is 1.37. The number of sulfonamides is 1. The molecule has 5 nitrogen and oxygen atoms in total. The lowest BCUT2D eigenvalue weighted by Crippen LogP contribution is -2.42. The van der Waals surface area contributed by atoms with Gasteiger partial charge >= 0.3 is 0 Å². The SMILES string of the molecule is Cc1ccc(S(=O)(=O)N2CCCCC2C)cc1C(=O)N1CCCCCCC1. The maximum atomic E-state index is 13.2. The summed E-state index contributed by atoms with van der Waals surface area (Å²) >= 11 is 0. The fourth-order valence-corrected chi connectivity index (χ4v) is 5.90. The van der Waals surface area contributed by atoms with E-state index in [-0.39, 0.29) is 16.8 Å². The number of carbonyl (C=O) groups excluding carboxylic acids is 1. The molecule has 1 atom stereocenters. The first-order valence-electron chi connectivity index (χ1n) is 10.3. The van der Waals surface area contributed by atoms with Crippen LogP contribution in [0.3, 0.4) is 0 Å². The van der Waals surface area contributed by atoms with Gasteiger partial charge in [-0.25, -0.2) is 8.42 Å². The highest BCUT2D eigenvalue weighted by Crippen LogP contribution is 2.27. The molecule has 2 saturated heterocycles. The second-order valence-corrected chi connectivity index (χ2v) is 9.89. The van der Waals surface area contributed by atoms with Crippen molar-refractivity contribution >= 4 is 15.9 Å². The lowest BCUT2D eigenvalue weighted by molar-refractivity contribution is 0.0741. The summed E-state index contributed by atoms with van der Waals surface area (Å²) in [4.78, 5) is 15.3. The van der Waals surface area contributed by atoms with Crippen LogP contribution in [0.5, 0.6) is 0 Å². The zero-order chi connectivity index (χ0) is 19.4. The van der Waals surface area contributed by atoms with Crippen molar-refractivity contribution < 1.29 is 13.2 Å². The minimum absolute atomic E-state index is 0.0126. The Morgan fingerprint density at radius 3 is 2.26 bits per heavy atom. The number of aryl methyl sites for hydroxylation is 1. The highest BCUT2D eigenvalue weighted by molar-refractivity contribution is 7.89. The number of rotatable bonds is 3. The van der Waals surface area contributed by atoms with Crippen LogP contribution in [-0.2, 0) is 10.0 Å². The van der Waals surface area contributed by atoms with Crippen LogP contribution < -0.4 is 0 Å². The van der Waals surface area contributed by atoms with Crippen molar-refractivity contribution in [2.24, 2.45) is 0 Å². The van der Waals surface area contributed by atoms with Gasteiger partial charge in [0, 0.05) is 31.2 Å². The summed E-state index contributed by atoms with van der Waals surface area (Å²) in [6, 6.07) is 5.04. The molecule has 3 rings (SSSR count). The minimum Gasteiger partial charge on any atom is -0.339 e. The molecule has 0 N–H and O–H groups in total. The van der Waals surface area contributed by atoms with Gasteiger partial charge in [-0.15, -0.1) is 0 Å². The van der Waals surface area contributed by atoms with E-state index in [0.717, 1.165) is 63.6 Å². The van der Waals surface area contributed by atoms with Crippen molar-refractivity contribution in [3.63, 3.8) is 0 Å². The maximum Gasteiger partial charge on any atom is 0.254 e. The van der Waals surface area contributed by atoms with Crippen LogP contribution in [-0.4, -0.2) is 49.2 Å². The average Bonchev–Trinajstić information content (AvgIpc) is 2.61. The van der Waals surface area contributed by atoms with Gasteiger partial charge in [-0.3, -0.25) is 4.79 Å². The molecular weight excluding hydrogens is 360 g/mol. The van der Waals surface area contributed by atoms with Crippen molar-refractivity contribution in [3.8, 4) is 0 Å². The molecule has 2 aliphatic rings. The molecule has 1 unspecified atom stereocenters. The zero-order valence-electron chi connectivity index (χ0n) is 16.6. The molecule has 0 bridgehead atoms. The molecule has 150 valence electrons. The van der Waals surface area contributed by atoms with Gasteiger partial charge in [0.2, 0.25) is 10.0 Å². The Hall–Kier alpha value is -1.40. The molecule has 0 aliphatic carbocycles. The van der Waals surface area contributed by atoms with E-state index in [9.17, 15) is 13.2 Å². The van der Waals surface area contributed by atoms with Crippen molar-refractivity contribution in [1.29, 1.82) is 0 Å². The predicted octanol–water partition coefficient (Wildman–Crippen LogP) is 3.96. The van der Waals surface area contributed by atoms with Crippen LogP contribution in [0.15, 0.2) is 23.1 Å². The summed E-state index contributed by atoms with van der Waals surface area (Å²) in [5.74, 6) is -0.0295. The fourth-order valence-electron chi connectivity index (χ4n) is 4.18. The van der Waals surface area contributed by atoms with Gasteiger partial charge in [0.05, 0.1) is 4.90 Å². The van der Waals surface area contributed by atoms with Crippen molar-refractivity contribution in [2.45, 2.75) is 76.2 Å². The topological polar surface area (TPSA) is 57.7 Å². The third-order valence-electron chi connectivity index (χ3n) is 5.93. The zero-order valence-corrected chi connectivity index (χ0v) is 17.4. The maximum absolute atomic E-state index is 13.2. The van der Waals surface area contributed by atoms with Crippen molar-refractivity contribution in [1.82, 2.24) is 9.21 Å². The number of amides is 1. The molecule has 0 spiro atoms. The Bertz CT molecular complexity index is 768. The van der Waals surface area contributed by atoms with Crippen LogP contribution >= 0.6 is 0 Å². The molecule has 0 aromatic heterocycles. The van der Waals surface area contributed by atoms with Gasteiger partial charge < -0.3 is 4.90 Å². The second-order valence-electron chi connectivity index (χ2n) is 8.00. The van der Waals surface area contributed by atoms with Crippen molar-refractivity contribution in [3.05, 3.63) is 29.3 Å². The summed E-state index contributed by atoms with van der Waals surface area (Å²) in [7, 11) is -3.57. The highest BCUT2D eigenvalue weighted by Gasteiger charge is 2.32. The van der Waals surface area contributed by atoms with E-state index in [2.05, 4.69) is 0 Å². The van der Waals surface area contributed by atoms with E-state index in [0.29, 0.717) is 12.1 Å². The Labute approximate surface area is 163 Å². The molecule has 1 aromatic rings. The highest BCUT2D eigenvalue weighted by atomic mass is 32.2. The second kappa shape index (κ2) is 8.74. The number of hydrogen-bond acceptors (Lipinski definition) is 3. The number of piperidine rings is 1. The molecule has 2 heterocycles.